The molecule has 0 N–H and O–H groups in total. The van der Waals surface area contributed by atoms with E-state index in [0.29, 0.717) is 36.8 Å². The van der Waals surface area contributed by atoms with Crippen molar-refractivity contribution in [2.75, 3.05) is 6.61 Å². The Hall–Kier alpha value is -3.40. The fraction of sp³-hybridized carbons (Fsp3) is 0.231. The van der Waals surface area contributed by atoms with Crippen LogP contribution >= 0.6 is 0 Å². The lowest BCUT2D eigenvalue weighted by Gasteiger charge is -2.17. The molecule has 1 heterocycles. The van der Waals surface area contributed by atoms with Crippen LogP contribution in [0.15, 0.2) is 60.7 Å². The summed E-state index contributed by atoms with van der Waals surface area (Å²) in [5, 5.41) is 1.75. The van der Waals surface area contributed by atoms with E-state index < -0.39 is 0 Å². The van der Waals surface area contributed by atoms with Crippen molar-refractivity contribution in [3.05, 3.63) is 83.1 Å². The van der Waals surface area contributed by atoms with Gasteiger partial charge >= 0.3 is 0 Å². The van der Waals surface area contributed by atoms with Gasteiger partial charge in [0, 0.05) is 6.42 Å². The number of hydrogen-bond acceptors (Lipinski definition) is 4. The second kappa shape index (κ2) is 8.95. The van der Waals surface area contributed by atoms with E-state index in [4.69, 9.17) is 14.5 Å². The summed E-state index contributed by atoms with van der Waals surface area (Å²) in [6.45, 7) is 4.76. The molecule has 0 unspecified atom stereocenters. The van der Waals surface area contributed by atoms with Crippen molar-refractivity contribution in [3.8, 4) is 11.6 Å². The molecule has 152 valence electrons. The Morgan fingerprint density at radius 2 is 1.90 bits per heavy atom. The third-order valence-electron chi connectivity index (χ3n) is 5.12. The van der Waals surface area contributed by atoms with Crippen LogP contribution in [0.4, 0.5) is 0 Å². The van der Waals surface area contributed by atoms with E-state index >= 15 is 0 Å². The summed E-state index contributed by atoms with van der Waals surface area (Å²) in [5.41, 5.74) is 3.57. The number of nitrogens with zero attached hydrogens (tertiary/aromatic N) is 1. The first-order valence-corrected chi connectivity index (χ1v) is 10.3. The number of rotatable bonds is 7. The molecular weight excluding hydrogens is 374 g/mol. The molecule has 0 radical (unpaired) electrons. The minimum Gasteiger partial charge on any atom is -0.487 e. The minimum atomic E-state index is 0.120. The molecule has 3 aromatic rings. The lowest BCUT2D eigenvalue weighted by molar-refractivity contribution is 0.0991. The van der Waals surface area contributed by atoms with E-state index in [1.807, 2.05) is 74.5 Å². The number of fused-ring (bicyclic) bond motifs is 2. The number of ketones is 1. The Morgan fingerprint density at radius 1 is 1.07 bits per heavy atom. The zero-order valence-electron chi connectivity index (χ0n) is 17.4. The highest BCUT2D eigenvalue weighted by Crippen LogP contribution is 2.42. The molecule has 0 fully saturated rings. The topological polar surface area (TPSA) is 48.4 Å². The summed E-state index contributed by atoms with van der Waals surface area (Å²) < 4.78 is 12.2. The Bertz CT molecular complexity index is 1130. The van der Waals surface area contributed by atoms with Crippen molar-refractivity contribution >= 4 is 22.6 Å². The molecule has 2 aromatic carbocycles. The number of carbonyl (C=O) groups is 1. The summed E-state index contributed by atoms with van der Waals surface area (Å²) in [4.78, 5) is 17.4. The summed E-state index contributed by atoms with van der Waals surface area (Å²) >= 11 is 0. The highest BCUT2D eigenvalue weighted by Gasteiger charge is 2.28. The first kappa shape index (κ1) is 19.9. The fourth-order valence-electron chi connectivity index (χ4n) is 3.78. The smallest absolute Gasteiger partial charge is 0.225 e. The maximum Gasteiger partial charge on any atom is 0.225 e. The predicted octanol–water partition coefficient (Wildman–Crippen LogP) is 5.93. The largest absolute Gasteiger partial charge is 0.487 e. The van der Waals surface area contributed by atoms with Gasteiger partial charge < -0.3 is 9.47 Å². The SMILES string of the molecule is C/C=C/C=C/c1cc2cc3c(c(OCc4ccccc4)c2c(OCC)n1)C(=O)CC3. The van der Waals surface area contributed by atoms with E-state index in [9.17, 15) is 4.79 Å². The Morgan fingerprint density at radius 3 is 2.67 bits per heavy atom. The molecule has 0 amide bonds. The molecular formula is C26H25NO3. The van der Waals surface area contributed by atoms with Crippen LogP contribution in [-0.4, -0.2) is 17.4 Å². The van der Waals surface area contributed by atoms with Crippen LogP contribution in [0.3, 0.4) is 0 Å². The van der Waals surface area contributed by atoms with Crippen LogP contribution in [0.25, 0.3) is 16.8 Å². The standard InChI is InChI=1S/C26H25NO3/c1-3-5-7-12-21-16-20-15-19-13-14-22(28)23(19)25(24(20)26(27-21)29-4-2)30-17-18-10-8-6-9-11-18/h3,5-12,15-16H,4,13-14,17H2,1-2H3/b5-3+,12-7+. The van der Waals surface area contributed by atoms with E-state index in [2.05, 4.69) is 6.07 Å². The maximum atomic E-state index is 12.7. The van der Waals surface area contributed by atoms with Gasteiger partial charge in [-0.05, 0) is 55.0 Å². The summed E-state index contributed by atoms with van der Waals surface area (Å²) in [6.07, 6.45) is 9.08. The van der Waals surface area contributed by atoms with Gasteiger partial charge in [0.05, 0.1) is 23.3 Å². The van der Waals surface area contributed by atoms with E-state index in [1.54, 1.807) is 0 Å². The third-order valence-corrected chi connectivity index (χ3v) is 5.12. The van der Waals surface area contributed by atoms with Crippen molar-refractivity contribution in [3.63, 3.8) is 0 Å². The minimum absolute atomic E-state index is 0.120. The number of carbonyl (C=O) groups excluding carboxylic acids is 1. The fourth-order valence-corrected chi connectivity index (χ4v) is 3.78. The van der Waals surface area contributed by atoms with Gasteiger partial charge in [-0.25, -0.2) is 4.98 Å². The molecule has 1 aliphatic carbocycles. The molecule has 0 aliphatic heterocycles. The van der Waals surface area contributed by atoms with Crippen LogP contribution < -0.4 is 9.47 Å². The van der Waals surface area contributed by atoms with Gasteiger partial charge in [-0.15, -0.1) is 0 Å². The number of ether oxygens (including phenoxy) is 2. The molecule has 4 rings (SSSR count). The molecule has 0 bridgehead atoms. The van der Waals surface area contributed by atoms with Crippen LogP contribution in [-0.2, 0) is 13.0 Å². The number of allylic oxidation sites excluding steroid dienone is 3. The van der Waals surface area contributed by atoms with Crippen molar-refractivity contribution in [2.24, 2.45) is 0 Å². The molecule has 4 heteroatoms. The number of benzene rings is 2. The maximum absolute atomic E-state index is 12.7. The molecule has 30 heavy (non-hydrogen) atoms. The van der Waals surface area contributed by atoms with Crippen LogP contribution in [0, 0.1) is 0 Å². The number of pyridine rings is 1. The van der Waals surface area contributed by atoms with Crippen LogP contribution in [0.5, 0.6) is 11.6 Å². The quantitative estimate of drug-likeness (QED) is 0.462. The average Bonchev–Trinajstić information content (AvgIpc) is 3.13. The molecule has 0 atom stereocenters. The number of Topliss-reactive ketones (excluding diaryl/α,β-unsaturated/α-hetero) is 1. The highest BCUT2D eigenvalue weighted by atomic mass is 16.5. The monoisotopic (exact) mass is 399 g/mol. The molecule has 0 saturated heterocycles. The first-order chi connectivity index (χ1) is 14.7. The van der Waals surface area contributed by atoms with Gasteiger partial charge in [-0.2, -0.15) is 0 Å². The van der Waals surface area contributed by atoms with Crippen molar-refractivity contribution in [1.82, 2.24) is 4.98 Å². The van der Waals surface area contributed by atoms with Gasteiger partial charge in [-0.1, -0.05) is 48.6 Å². The van der Waals surface area contributed by atoms with Crippen molar-refractivity contribution in [2.45, 2.75) is 33.3 Å². The number of aryl methyl sites for hydroxylation is 1. The highest BCUT2D eigenvalue weighted by molar-refractivity contribution is 6.10. The lowest BCUT2D eigenvalue weighted by Crippen LogP contribution is -2.05. The van der Waals surface area contributed by atoms with Crippen molar-refractivity contribution < 1.29 is 14.3 Å². The van der Waals surface area contributed by atoms with E-state index in [-0.39, 0.29) is 5.78 Å². The Kier molecular flexibility index (Phi) is 5.94. The molecule has 1 aromatic heterocycles. The lowest BCUT2D eigenvalue weighted by atomic mass is 10.0. The van der Waals surface area contributed by atoms with Gasteiger partial charge in [0.1, 0.15) is 12.4 Å². The van der Waals surface area contributed by atoms with Crippen molar-refractivity contribution in [1.29, 1.82) is 0 Å². The number of aromatic nitrogens is 1. The predicted molar refractivity (Wildman–Crippen MR) is 120 cm³/mol. The van der Waals surface area contributed by atoms with Gasteiger partial charge in [-0.3, -0.25) is 4.79 Å². The second-order valence-corrected chi connectivity index (χ2v) is 7.21. The molecule has 0 saturated carbocycles. The first-order valence-electron chi connectivity index (χ1n) is 10.3. The Labute approximate surface area is 176 Å². The van der Waals surface area contributed by atoms with Crippen LogP contribution in [0.1, 0.15) is 47.4 Å². The normalized spacial score (nSPS) is 13.5. The van der Waals surface area contributed by atoms with Gasteiger partial charge in [0.25, 0.3) is 0 Å². The van der Waals surface area contributed by atoms with E-state index in [0.717, 1.165) is 34.0 Å². The second-order valence-electron chi connectivity index (χ2n) is 7.21. The zero-order valence-corrected chi connectivity index (χ0v) is 17.4. The molecule has 0 spiro atoms. The van der Waals surface area contributed by atoms with Gasteiger partial charge in [0.15, 0.2) is 5.78 Å². The summed E-state index contributed by atoms with van der Waals surface area (Å²) in [6, 6.07) is 14.1. The molecule has 4 nitrogen and oxygen atoms in total. The van der Waals surface area contributed by atoms with E-state index in [1.165, 1.54) is 0 Å². The van der Waals surface area contributed by atoms with Gasteiger partial charge in [0.2, 0.25) is 5.88 Å². The third kappa shape index (κ3) is 3.99. The summed E-state index contributed by atoms with van der Waals surface area (Å²) in [5.74, 6) is 1.21. The average molecular weight is 399 g/mol. The number of hydrogen-bond donors (Lipinski definition) is 0. The summed E-state index contributed by atoms with van der Waals surface area (Å²) in [7, 11) is 0. The zero-order chi connectivity index (χ0) is 20.9. The van der Waals surface area contributed by atoms with Crippen LogP contribution in [0.2, 0.25) is 0 Å². The molecule has 1 aliphatic rings. The Balaban J connectivity index is 1.88.